The predicted octanol–water partition coefficient (Wildman–Crippen LogP) is 13.3. The van der Waals surface area contributed by atoms with Gasteiger partial charge in [0.05, 0.1) is 5.58 Å². The van der Waals surface area contributed by atoms with Crippen LogP contribution in [0.25, 0.3) is 66.7 Å². The number of furan rings is 1. The third-order valence-electron chi connectivity index (χ3n) is 10.5. The molecule has 1 atom stereocenters. The molecule has 0 saturated carbocycles. The van der Waals surface area contributed by atoms with Crippen LogP contribution in [0.4, 0.5) is 0 Å². The van der Waals surface area contributed by atoms with Gasteiger partial charge in [0.25, 0.3) is 0 Å². The van der Waals surface area contributed by atoms with Gasteiger partial charge in [-0.25, -0.2) is 0 Å². The standard InChI is InChI=1S/C31H22NO.C21H22GeN.Ir/c1-21(22-9-4-2-5-10-22)24-17-18-32-29(19-24)28-14-8-13-27-26-16-15-25(20-30(26)33-31(27)28)23-11-6-3-7-12-23;1-16-13-21(23-15-20(16)22(2,3)4)19-12-8-11-18(14-19)17-9-6-5-7-10-17;/h2-13,15-21H,1H3;5-11,13-15H,1-4H3;/q2*-1;. The summed E-state index contributed by atoms with van der Waals surface area (Å²) >= 11 is -1.85. The summed E-state index contributed by atoms with van der Waals surface area (Å²) in [5.41, 5.74) is 14.2. The molecule has 3 heterocycles. The molecular weight excluding hydrogens is 933 g/mol. The predicted molar refractivity (Wildman–Crippen MR) is 237 cm³/mol. The van der Waals surface area contributed by atoms with Gasteiger partial charge in [0.1, 0.15) is 5.58 Å². The fraction of sp³-hybridized carbons (Fsp3) is 0.115. The molecule has 9 aromatic rings. The van der Waals surface area contributed by atoms with Crippen LogP contribution in [0.15, 0.2) is 175 Å². The van der Waals surface area contributed by atoms with Crippen molar-refractivity contribution in [2.45, 2.75) is 37.0 Å². The number of hydrogen-bond acceptors (Lipinski definition) is 3. The summed E-state index contributed by atoms with van der Waals surface area (Å²) in [4.78, 5) is 9.41. The van der Waals surface area contributed by atoms with E-state index in [0.29, 0.717) is 0 Å². The summed E-state index contributed by atoms with van der Waals surface area (Å²) in [6.45, 7) is 4.43. The van der Waals surface area contributed by atoms with Crippen molar-refractivity contribution in [1.29, 1.82) is 0 Å². The molecule has 0 fully saturated rings. The Morgan fingerprint density at radius 1 is 0.579 bits per heavy atom. The zero-order valence-corrected chi connectivity index (χ0v) is 37.4. The van der Waals surface area contributed by atoms with Gasteiger partial charge in [0, 0.05) is 37.6 Å². The second kappa shape index (κ2) is 17.4. The molecular formula is C52H44GeIrN2O-2. The van der Waals surface area contributed by atoms with E-state index < -0.39 is 13.3 Å². The molecule has 0 aliphatic heterocycles. The summed E-state index contributed by atoms with van der Waals surface area (Å²) in [6.07, 6.45) is 3.97. The van der Waals surface area contributed by atoms with Gasteiger partial charge in [-0.2, -0.15) is 0 Å². The van der Waals surface area contributed by atoms with Crippen LogP contribution in [0.2, 0.25) is 17.3 Å². The molecule has 283 valence electrons. The summed E-state index contributed by atoms with van der Waals surface area (Å²) < 4.78 is 7.89. The third-order valence-corrected chi connectivity index (χ3v) is 15.0. The summed E-state index contributed by atoms with van der Waals surface area (Å²) in [7, 11) is 0. The van der Waals surface area contributed by atoms with Gasteiger partial charge in [-0.3, -0.25) is 0 Å². The maximum atomic E-state index is 6.41. The number of nitrogens with zero attached hydrogens (tertiary/aromatic N) is 2. The van der Waals surface area contributed by atoms with Gasteiger partial charge in [0.15, 0.2) is 0 Å². The Kier molecular flexibility index (Phi) is 12.2. The number of aryl methyl sites for hydroxylation is 1. The van der Waals surface area contributed by atoms with Crippen molar-refractivity contribution < 1.29 is 24.5 Å². The quantitative estimate of drug-likeness (QED) is 0.118. The number of hydrogen-bond donors (Lipinski definition) is 0. The van der Waals surface area contributed by atoms with Crippen LogP contribution in [0, 0.1) is 19.1 Å². The molecule has 9 rings (SSSR count). The van der Waals surface area contributed by atoms with Crippen molar-refractivity contribution in [2.75, 3.05) is 0 Å². The average Bonchev–Trinajstić information content (AvgIpc) is 3.62. The number of fused-ring (bicyclic) bond motifs is 3. The van der Waals surface area contributed by atoms with Crippen LogP contribution in [-0.4, -0.2) is 23.2 Å². The Morgan fingerprint density at radius 2 is 1.23 bits per heavy atom. The first-order chi connectivity index (χ1) is 27.2. The van der Waals surface area contributed by atoms with Crippen molar-refractivity contribution >= 4 is 39.6 Å². The molecule has 0 bridgehead atoms. The van der Waals surface area contributed by atoms with E-state index in [1.54, 1.807) is 0 Å². The number of aromatic nitrogens is 2. The van der Waals surface area contributed by atoms with Gasteiger partial charge >= 0.3 is 142 Å². The molecule has 0 spiro atoms. The van der Waals surface area contributed by atoms with Crippen molar-refractivity contribution in [3.05, 3.63) is 199 Å². The fourth-order valence-corrected chi connectivity index (χ4v) is 11.0. The minimum Gasteiger partial charge on any atom is 0 e. The molecule has 0 N–H and O–H groups in total. The molecule has 57 heavy (non-hydrogen) atoms. The van der Waals surface area contributed by atoms with Crippen LogP contribution in [0.3, 0.4) is 0 Å². The van der Waals surface area contributed by atoms with E-state index in [4.69, 9.17) is 9.40 Å². The van der Waals surface area contributed by atoms with Crippen LogP contribution < -0.4 is 4.40 Å². The molecule has 5 heteroatoms. The Hall–Kier alpha value is -5.39. The molecule has 6 aromatic carbocycles. The van der Waals surface area contributed by atoms with E-state index in [-0.39, 0.29) is 26.0 Å². The number of rotatable bonds is 7. The average molecular weight is 978 g/mol. The second-order valence-electron chi connectivity index (χ2n) is 15.4. The molecule has 3 nitrogen and oxygen atoms in total. The first-order valence-electron chi connectivity index (χ1n) is 19.2. The Bertz CT molecular complexity index is 2760. The summed E-state index contributed by atoms with van der Waals surface area (Å²) in [5.74, 6) is 7.50. The van der Waals surface area contributed by atoms with Gasteiger partial charge in [-0.15, -0.1) is 18.2 Å². The number of pyridine rings is 2. The molecule has 0 saturated heterocycles. The van der Waals surface area contributed by atoms with Crippen LogP contribution in [0.5, 0.6) is 0 Å². The maximum Gasteiger partial charge on any atom is 0 e. The first kappa shape index (κ1) is 39.8. The SMILES string of the molecule is CC(c1ccccc1)c1ccnc(-c2[c-]ccc3c2oc2cc(-c4ccccc4)ccc23)c1.Cc1cc(-c2[c-]ccc(-c3ccccc3)c2)nc[c]1[Ge]([CH3])([CH3])[CH3].[Ir]. The van der Waals surface area contributed by atoms with E-state index in [1.807, 2.05) is 30.5 Å². The van der Waals surface area contributed by atoms with Gasteiger partial charge in [-0.1, -0.05) is 96.7 Å². The molecule has 1 radical (unpaired) electrons. The fourth-order valence-electron chi connectivity index (χ4n) is 7.44. The molecule has 1 unspecified atom stereocenters. The molecule has 0 aliphatic carbocycles. The van der Waals surface area contributed by atoms with Crippen LogP contribution in [-0.2, 0) is 20.1 Å². The Labute approximate surface area is 352 Å². The van der Waals surface area contributed by atoms with Crippen molar-refractivity contribution in [1.82, 2.24) is 9.97 Å². The van der Waals surface area contributed by atoms with E-state index in [1.165, 1.54) is 37.8 Å². The minimum absolute atomic E-state index is 0. The molecule has 0 aliphatic rings. The van der Waals surface area contributed by atoms with Crippen molar-refractivity contribution in [3.8, 4) is 44.8 Å². The smallest absolute Gasteiger partial charge is 0 e. The normalized spacial score (nSPS) is 11.7. The van der Waals surface area contributed by atoms with Crippen molar-refractivity contribution in [2.24, 2.45) is 0 Å². The van der Waals surface area contributed by atoms with E-state index in [0.717, 1.165) is 50.0 Å². The minimum atomic E-state index is -1.85. The maximum absolute atomic E-state index is 6.41. The number of benzene rings is 6. The largest absolute Gasteiger partial charge is 0 e. The molecule has 3 aromatic heterocycles. The van der Waals surface area contributed by atoms with Gasteiger partial charge in [-0.05, 0) is 40.1 Å². The monoisotopic (exact) mass is 979 g/mol. The van der Waals surface area contributed by atoms with E-state index in [2.05, 4.69) is 188 Å². The first-order valence-corrected chi connectivity index (χ1v) is 26.6. The van der Waals surface area contributed by atoms with Gasteiger partial charge < -0.3 is 9.40 Å². The van der Waals surface area contributed by atoms with Gasteiger partial charge in [0.2, 0.25) is 0 Å². The summed E-state index contributed by atoms with van der Waals surface area (Å²) in [6, 6.07) is 61.3. The Morgan fingerprint density at radius 3 is 1.89 bits per heavy atom. The topological polar surface area (TPSA) is 38.9 Å². The van der Waals surface area contributed by atoms with E-state index in [9.17, 15) is 0 Å². The zero-order valence-electron chi connectivity index (χ0n) is 32.9. The molecule has 0 amide bonds. The zero-order chi connectivity index (χ0) is 38.6. The third kappa shape index (κ3) is 8.80. The van der Waals surface area contributed by atoms with Crippen LogP contribution in [0.1, 0.15) is 29.5 Å². The van der Waals surface area contributed by atoms with Crippen molar-refractivity contribution in [3.63, 3.8) is 0 Å². The summed E-state index contributed by atoms with van der Waals surface area (Å²) in [5, 5.41) is 2.19. The Balaban J connectivity index is 0.000000183. The van der Waals surface area contributed by atoms with E-state index >= 15 is 0 Å². The second-order valence-corrected chi connectivity index (χ2v) is 25.9. The van der Waals surface area contributed by atoms with Crippen LogP contribution >= 0.6 is 0 Å².